The molecule has 0 aliphatic heterocycles. The Morgan fingerprint density at radius 2 is 0.705 bits per heavy atom. The predicted molar refractivity (Wildman–Crippen MR) is 358 cm³/mol. The molecular formula is C78H44N4O2S4. The van der Waals surface area contributed by atoms with Crippen LogP contribution in [0.25, 0.3) is 73.8 Å². The van der Waals surface area contributed by atoms with E-state index in [1.165, 1.54) is 41.4 Å². The van der Waals surface area contributed by atoms with Crippen LogP contribution in [0.3, 0.4) is 0 Å². The first-order valence-electron chi connectivity index (χ1n) is 28.7. The number of nitriles is 4. The van der Waals surface area contributed by atoms with E-state index in [0.717, 1.165) is 85.6 Å². The van der Waals surface area contributed by atoms with Crippen LogP contribution < -0.4 is 0 Å². The molecule has 0 radical (unpaired) electrons. The van der Waals surface area contributed by atoms with E-state index in [9.17, 15) is 30.6 Å². The first-order valence-corrected chi connectivity index (χ1v) is 32.0. The summed E-state index contributed by atoms with van der Waals surface area (Å²) in [5, 5.41) is 42.8. The third kappa shape index (κ3) is 7.33. The molecule has 0 unspecified atom stereocenters. The second kappa shape index (κ2) is 19.6. The van der Waals surface area contributed by atoms with Crippen molar-refractivity contribution in [2.45, 2.75) is 38.5 Å². The fraction of sp³-hybridized carbons (Fsp3) is 0.0769. The second-order valence-electron chi connectivity index (χ2n) is 23.2. The van der Waals surface area contributed by atoms with E-state index in [1.807, 2.05) is 71.2 Å². The van der Waals surface area contributed by atoms with E-state index in [-0.39, 0.29) is 22.7 Å². The van der Waals surface area contributed by atoms with E-state index in [2.05, 4.69) is 185 Å². The average molecular weight is 1200 g/mol. The molecule has 0 fully saturated rings. The molecule has 10 heteroatoms. The number of allylic oxidation sites excluding steroid dienone is 6. The lowest BCUT2D eigenvalue weighted by atomic mass is 9.66. The SMILES string of the molecule is Cc1ccc(C2(c3ccc(C)cc3)c3cc4cc(/C=C5\C(=O)c6ccccc6C5=C(C#N)C#N)sc4cc3-c3sc4c5c(sc4c32)-c2cc3sc(/C=C4\C(=O)c6ccccc6C4=C(C#N)C#N)cc3cc2C5(c2ccc(C)cc2)c2ccc(C)cc2)cc1. The highest BCUT2D eigenvalue weighted by atomic mass is 32.1. The van der Waals surface area contributed by atoms with Gasteiger partial charge in [0.25, 0.3) is 0 Å². The number of aryl methyl sites for hydroxylation is 4. The number of hydrogen-bond acceptors (Lipinski definition) is 10. The Morgan fingerprint density at radius 1 is 0.386 bits per heavy atom. The van der Waals surface area contributed by atoms with Gasteiger partial charge in [-0.25, -0.2) is 0 Å². The Morgan fingerprint density at radius 3 is 1.02 bits per heavy atom. The number of hydrogen-bond donors (Lipinski definition) is 0. The first-order chi connectivity index (χ1) is 42.9. The summed E-state index contributed by atoms with van der Waals surface area (Å²) in [5.74, 6) is -0.412. The molecule has 12 aromatic rings. The monoisotopic (exact) mass is 1200 g/mol. The molecule has 4 aliphatic rings. The standard InChI is InChI=1S/C78H44N4O2S4/c1-41-13-21-49(22-14-41)77(50-23-15-42(2)16-24-50)63-31-45-29-53(33-61-67(47(37-79)38-80)55-9-5-7-11-57(55)71(61)83)85-65(45)35-59(63)73-69(77)75-76(87-73)70-74(88-75)60-36-66-46(32-64(60)78(70,51-25-17-43(3)18-26-51)52-27-19-44(4)20-28-52)30-54(86-66)34-62-68(48(39-81)40-82)56-10-6-8-12-58(56)72(62)84/h5-36H,1-4H3/b61-33-,62-34-. The van der Waals surface area contributed by atoms with Crippen LogP contribution in [-0.4, -0.2) is 11.6 Å². The number of fused-ring (bicyclic) bond motifs is 13. The van der Waals surface area contributed by atoms with Crippen molar-refractivity contribution >= 4 is 110 Å². The van der Waals surface area contributed by atoms with Gasteiger partial charge in [-0.2, -0.15) is 21.0 Å². The van der Waals surface area contributed by atoms with Gasteiger partial charge in [-0.15, -0.1) is 45.3 Å². The van der Waals surface area contributed by atoms with Crippen LogP contribution in [0.4, 0.5) is 0 Å². The topological polar surface area (TPSA) is 129 Å². The van der Waals surface area contributed by atoms with E-state index in [1.54, 1.807) is 34.8 Å². The number of benzene rings is 8. The van der Waals surface area contributed by atoms with Crippen molar-refractivity contribution in [2.75, 3.05) is 0 Å². The fourth-order valence-electron chi connectivity index (χ4n) is 14.3. The minimum absolute atomic E-state index is 0.0901. The van der Waals surface area contributed by atoms with Crippen molar-refractivity contribution in [3.05, 3.63) is 303 Å². The van der Waals surface area contributed by atoms with Crippen LogP contribution in [0.5, 0.6) is 0 Å². The van der Waals surface area contributed by atoms with E-state index < -0.39 is 10.8 Å². The van der Waals surface area contributed by atoms with Gasteiger partial charge >= 0.3 is 0 Å². The molecule has 4 aliphatic carbocycles. The molecule has 0 saturated heterocycles. The molecule has 0 saturated carbocycles. The summed E-state index contributed by atoms with van der Waals surface area (Å²) >= 11 is 6.97. The van der Waals surface area contributed by atoms with Crippen LogP contribution >= 0.6 is 45.3 Å². The number of carbonyl (C=O) groups excluding carboxylic acids is 2. The molecule has 4 aromatic heterocycles. The maximum Gasteiger partial charge on any atom is 0.194 e. The van der Waals surface area contributed by atoms with Crippen molar-refractivity contribution in [1.29, 1.82) is 21.0 Å². The minimum Gasteiger partial charge on any atom is -0.289 e. The predicted octanol–water partition coefficient (Wildman–Crippen LogP) is 19.5. The van der Waals surface area contributed by atoms with Crippen LogP contribution in [0.2, 0.25) is 0 Å². The molecule has 6 nitrogen and oxygen atoms in total. The van der Waals surface area contributed by atoms with E-state index in [4.69, 9.17) is 0 Å². The van der Waals surface area contributed by atoms with Gasteiger partial charge in [0.2, 0.25) is 0 Å². The molecule has 8 aromatic carbocycles. The normalized spacial score (nSPS) is 15.5. The summed E-state index contributed by atoms with van der Waals surface area (Å²) in [6.45, 7) is 8.54. The number of thiophene rings is 4. The summed E-state index contributed by atoms with van der Waals surface area (Å²) in [6.07, 6.45) is 3.73. The second-order valence-corrected chi connectivity index (χ2v) is 27.5. The highest BCUT2D eigenvalue weighted by Crippen LogP contribution is 2.69. The maximum atomic E-state index is 14.2. The van der Waals surface area contributed by atoms with Crippen molar-refractivity contribution < 1.29 is 9.59 Å². The molecule has 412 valence electrons. The molecule has 0 N–H and O–H groups in total. The van der Waals surface area contributed by atoms with Gasteiger partial charge in [-0.3, -0.25) is 9.59 Å². The van der Waals surface area contributed by atoms with Crippen molar-refractivity contribution in [3.8, 4) is 45.2 Å². The van der Waals surface area contributed by atoms with Gasteiger partial charge in [0.05, 0.1) is 20.2 Å². The molecule has 88 heavy (non-hydrogen) atoms. The van der Waals surface area contributed by atoms with E-state index >= 15 is 0 Å². The summed E-state index contributed by atoms with van der Waals surface area (Å²) in [6, 6.07) is 72.8. The quantitative estimate of drug-likeness (QED) is 0.120. The van der Waals surface area contributed by atoms with Gasteiger partial charge in [0.15, 0.2) is 11.6 Å². The van der Waals surface area contributed by atoms with Crippen LogP contribution in [0.1, 0.15) is 108 Å². The van der Waals surface area contributed by atoms with Crippen LogP contribution in [0, 0.1) is 73.0 Å². The Kier molecular flexibility index (Phi) is 11.8. The molecule has 4 heterocycles. The van der Waals surface area contributed by atoms with Gasteiger partial charge in [0.1, 0.15) is 35.4 Å². The number of Topliss-reactive ketones (excluding diaryl/α,β-unsaturated/α-hetero) is 2. The number of carbonyl (C=O) groups is 2. The van der Waals surface area contributed by atoms with E-state index in [0.29, 0.717) is 44.5 Å². The van der Waals surface area contributed by atoms with Gasteiger partial charge in [0, 0.05) is 73.5 Å². The lowest BCUT2D eigenvalue weighted by Crippen LogP contribution is -2.29. The van der Waals surface area contributed by atoms with Gasteiger partial charge in [-0.1, -0.05) is 168 Å². The summed E-state index contributed by atoms with van der Waals surface area (Å²) in [7, 11) is 0. The Labute approximate surface area is 523 Å². The molecule has 0 spiro atoms. The average Bonchev–Trinajstić information content (AvgIpc) is 1.49. The number of rotatable bonds is 6. The van der Waals surface area contributed by atoms with Crippen molar-refractivity contribution in [3.63, 3.8) is 0 Å². The van der Waals surface area contributed by atoms with Crippen molar-refractivity contribution in [1.82, 2.24) is 0 Å². The largest absolute Gasteiger partial charge is 0.289 e. The highest BCUT2D eigenvalue weighted by molar-refractivity contribution is 7.32. The lowest BCUT2D eigenvalue weighted by molar-refractivity contribution is 0.103. The van der Waals surface area contributed by atoms with Gasteiger partial charge in [-0.05, 0) is 143 Å². The highest BCUT2D eigenvalue weighted by Gasteiger charge is 2.54. The maximum absolute atomic E-state index is 14.2. The third-order valence-corrected chi connectivity index (χ3v) is 23.0. The van der Waals surface area contributed by atoms with Crippen molar-refractivity contribution in [2.24, 2.45) is 0 Å². The summed E-state index contributed by atoms with van der Waals surface area (Å²) in [4.78, 5) is 32.6. The zero-order valence-electron chi connectivity index (χ0n) is 47.7. The fourth-order valence-corrected chi connectivity index (χ4v) is 19.6. The first kappa shape index (κ1) is 53.1. The van der Waals surface area contributed by atoms with Gasteiger partial charge < -0.3 is 0 Å². The lowest BCUT2D eigenvalue weighted by Gasteiger charge is -2.34. The molecule has 0 bridgehead atoms. The molecule has 0 amide bonds. The Balaban J connectivity index is 0.975. The molecule has 16 rings (SSSR count). The van der Waals surface area contributed by atoms with Crippen LogP contribution in [-0.2, 0) is 10.8 Å². The molecular weight excluding hydrogens is 1150 g/mol. The molecule has 0 atom stereocenters. The minimum atomic E-state index is -0.786. The Hall–Kier alpha value is -10.4. The van der Waals surface area contributed by atoms with Crippen LogP contribution in [0.15, 0.2) is 204 Å². The third-order valence-electron chi connectivity index (χ3n) is 18.3. The zero-order chi connectivity index (χ0) is 60.1. The number of nitrogens with zero attached hydrogens (tertiary/aromatic N) is 4. The Bertz CT molecular complexity index is 5020. The smallest absolute Gasteiger partial charge is 0.194 e. The number of ketones is 2. The summed E-state index contributed by atoms with van der Waals surface area (Å²) in [5.41, 5.74) is 18.3. The zero-order valence-corrected chi connectivity index (χ0v) is 51.0. The summed E-state index contributed by atoms with van der Waals surface area (Å²) < 4.78 is 4.57.